The van der Waals surface area contributed by atoms with Crippen molar-refractivity contribution < 1.29 is 14.6 Å². The molecule has 144 valence electrons. The van der Waals surface area contributed by atoms with Crippen LogP contribution in [0, 0.1) is 10.8 Å². The number of ether oxygens (including phenoxy) is 2. The van der Waals surface area contributed by atoms with Gasteiger partial charge in [0.25, 0.3) is 0 Å². The van der Waals surface area contributed by atoms with Crippen molar-refractivity contribution in [2.75, 3.05) is 13.2 Å². The van der Waals surface area contributed by atoms with Gasteiger partial charge in [0.15, 0.2) is 0 Å². The van der Waals surface area contributed by atoms with Crippen molar-refractivity contribution in [1.82, 2.24) is 15.0 Å². The van der Waals surface area contributed by atoms with Crippen LogP contribution in [0.25, 0.3) is 16.9 Å². The highest BCUT2D eigenvalue weighted by Gasteiger charge is 2.12. The second-order valence-electron chi connectivity index (χ2n) is 5.85. The molecule has 0 aliphatic heterocycles. The standard InChI is InChI=1S/C20H21N5O3/c1-3-27-19(21)14-7-5-13(6-8-14)16-12-25(24-23-16)17-11-15(9-10-18(17)26)20(22)28-4-2/h5-12,21-22,26H,3-4H2,1-2H3. The first-order chi connectivity index (χ1) is 13.5. The second kappa shape index (κ2) is 8.34. The van der Waals surface area contributed by atoms with E-state index in [1.54, 1.807) is 37.4 Å². The number of hydrogen-bond donors (Lipinski definition) is 3. The van der Waals surface area contributed by atoms with E-state index in [0.29, 0.717) is 35.7 Å². The molecule has 1 aromatic heterocycles. The summed E-state index contributed by atoms with van der Waals surface area (Å²) < 4.78 is 11.9. The van der Waals surface area contributed by atoms with E-state index in [0.717, 1.165) is 5.56 Å². The van der Waals surface area contributed by atoms with E-state index in [1.807, 2.05) is 19.1 Å². The first-order valence-electron chi connectivity index (χ1n) is 8.83. The van der Waals surface area contributed by atoms with Crippen LogP contribution in [0.1, 0.15) is 25.0 Å². The Labute approximate surface area is 162 Å². The fraction of sp³-hybridized carbons (Fsp3) is 0.200. The molecular formula is C20H21N5O3. The highest BCUT2D eigenvalue weighted by molar-refractivity contribution is 5.93. The van der Waals surface area contributed by atoms with E-state index in [9.17, 15) is 5.11 Å². The van der Waals surface area contributed by atoms with Gasteiger partial charge >= 0.3 is 0 Å². The molecule has 0 atom stereocenters. The number of rotatable bonds is 6. The maximum Gasteiger partial charge on any atom is 0.213 e. The minimum Gasteiger partial charge on any atom is -0.506 e. The van der Waals surface area contributed by atoms with Crippen LogP contribution in [0.15, 0.2) is 48.7 Å². The molecule has 8 heteroatoms. The molecule has 0 bridgehead atoms. The Morgan fingerprint density at radius 1 is 0.964 bits per heavy atom. The highest BCUT2D eigenvalue weighted by Crippen LogP contribution is 2.25. The zero-order chi connectivity index (χ0) is 20.1. The zero-order valence-electron chi connectivity index (χ0n) is 15.6. The summed E-state index contributed by atoms with van der Waals surface area (Å²) >= 11 is 0. The quantitative estimate of drug-likeness (QED) is 0.448. The molecule has 3 aromatic rings. The van der Waals surface area contributed by atoms with Gasteiger partial charge in [0.05, 0.1) is 19.4 Å². The number of aromatic nitrogens is 3. The number of nitrogens with one attached hydrogen (secondary N) is 2. The van der Waals surface area contributed by atoms with Crippen LogP contribution in [0.5, 0.6) is 5.75 Å². The van der Waals surface area contributed by atoms with E-state index in [4.69, 9.17) is 20.3 Å². The first kappa shape index (κ1) is 19.1. The smallest absolute Gasteiger partial charge is 0.213 e. The Kier molecular flexibility index (Phi) is 5.69. The van der Waals surface area contributed by atoms with Gasteiger partial charge in [-0.1, -0.05) is 17.3 Å². The zero-order valence-corrected chi connectivity index (χ0v) is 15.6. The van der Waals surface area contributed by atoms with E-state index in [2.05, 4.69) is 10.3 Å². The maximum absolute atomic E-state index is 10.2. The summed E-state index contributed by atoms with van der Waals surface area (Å²) in [5.41, 5.74) is 3.04. The third kappa shape index (κ3) is 4.01. The van der Waals surface area contributed by atoms with E-state index >= 15 is 0 Å². The number of nitrogens with zero attached hydrogens (tertiary/aromatic N) is 3. The van der Waals surface area contributed by atoms with E-state index in [1.165, 1.54) is 10.7 Å². The lowest BCUT2D eigenvalue weighted by Crippen LogP contribution is -2.06. The molecule has 0 radical (unpaired) electrons. The molecule has 0 fully saturated rings. The molecule has 2 aromatic carbocycles. The molecule has 3 rings (SSSR count). The number of hydrogen-bond acceptors (Lipinski definition) is 7. The normalized spacial score (nSPS) is 10.5. The molecular weight excluding hydrogens is 358 g/mol. The van der Waals surface area contributed by atoms with Gasteiger partial charge in [-0.05, 0) is 44.2 Å². The van der Waals surface area contributed by atoms with Crippen LogP contribution < -0.4 is 0 Å². The first-order valence-corrected chi connectivity index (χ1v) is 8.83. The molecule has 0 saturated heterocycles. The average molecular weight is 379 g/mol. The van der Waals surface area contributed by atoms with Crippen LogP contribution in [0.3, 0.4) is 0 Å². The van der Waals surface area contributed by atoms with Crippen molar-refractivity contribution in [2.24, 2.45) is 0 Å². The topological polar surface area (TPSA) is 117 Å². The lowest BCUT2D eigenvalue weighted by molar-refractivity contribution is 0.325. The third-order valence-electron chi connectivity index (χ3n) is 4.00. The third-order valence-corrected chi connectivity index (χ3v) is 4.00. The van der Waals surface area contributed by atoms with Gasteiger partial charge in [0, 0.05) is 16.7 Å². The summed E-state index contributed by atoms with van der Waals surface area (Å²) in [6, 6.07) is 12.0. The van der Waals surface area contributed by atoms with Gasteiger partial charge in [-0.25, -0.2) is 4.68 Å². The van der Waals surface area contributed by atoms with Crippen molar-refractivity contribution in [1.29, 1.82) is 10.8 Å². The van der Waals surface area contributed by atoms with Gasteiger partial charge in [0.2, 0.25) is 11.8 Å². The number of benzene rings is 2. The summed E-state index contributed by atoms with van der Waals surface area (Å²) in [5, 5.41) is 34.2. The van der Waals surface area contributed by atoms with Crippen molar-refractivity contribution >= 4 is 11.8 Å². The van der Waals surface area contributed by atoms with E-state index in [-0.39, 0.29) is 17.5 Å². The van der Waals surface area contributed by atoms with Crippen molar-refractivity contribution in [3.8, 4) is 22.7 Å². The van der Waals surface area contributed by atoms with Crippen LogP contribution in [-0.2, 0) is 9.47 Å². The number of phenols is 1. The molecule has 0 saturated carbocycles. The van der Waals surface area contributed by atoms with Crippen LogP contribution in [0.4, 0.5) is 0 Å². The highest BCUT2D eigenvalue weighted by atomic mass is 16.5. The molecule has 28 heavy (non-hydrogen) atoms. The number of phenolic OH excluding ortho intramolecular Hbond substituents is 1. The lowest BCUT2D eigenvalue weighted by Gasteiger charge is -2.08. The summed E-state index contributed by atoms with van der Waals surface area (Å²) in [4.78, 5) is 0. The molecule has 0 aliphatic rings. The maximum atomic E-state index is 10.2. The Bertz CT molecular complexity index is 995. The fourth-order valence-corrected chi connectivity index (χ4v) is 2.61. The fourth-order valence-electron chi connectivity index (χ4n) is 2.61. The van der Waals surface area contributed by atoms with Gasteiger partial charge < -0.3 is 14.6 Å². The Hall–Kier alpha value is -3.68. The summed E-state index contributed by atoms with van der Waals surface area (Å²) in [6.45, 7) is 4.47. The Morgan fingerprint density at radius 3 is 2.21 bits per heavy atom. The molecule has 8 nitrogen and oxygen atoms in total. The lowest BCUT2D eigenvalue weighted by atomic mass is 10.1. The average Bonchev–Trinajstić information content (AvgIpc) is 3.19. The second-order valence-corrected chi connectivity index (χ2v) is 5.85. The van der Waals surface area contributed by atoms with E-state index < -0.39 is 0 Å². The van der Waals surface area contributed by atoms with Crippen LogP contribution >= 0.6 is 0 Å². The minimum absolute atomic E-state index is 0.0185. The summed E-state index contributed by atoms with van der Waals surface area (Å²) in [6.07, 6.45) is 1.69. The SMILES string of the molecule is CCOC(=N)c1ccc(-c2cn(-c3cc(C(=N)OCC)ccc3O)nn2)cc1. The van der Waals surface area contributed by atoms with Gasteiger partial charge in [-0.3, -0.25) is 10.8 Å². The van der Waals surface area contributed by atoms with Crippen molar-refractivity contribution in [3.63, 3.8) is 0 Å². The molecule has 3 N–H and O–H groups in total. The van der Waals surface area contributed by atoms with Crippen LogP contribution in [-0.4, -0.2) is 45.1 Å². The molecule has 0 unspecified atom stereocenters. The largest absolute Gasteiger partial charge is 0.506 e. The van der Waals surface area contributed by atoms with Gasteiger partial charge in [-0.2, -0.15) is 0 Å². The Balaban J connectivity index is 1.87. The van der Waals surface area contributed by atoms with Gasteiger partial charge in [-0.15, -0.1) is 5.10 Å². The molecule has 0 aliphatic carbocycles. The van der Waals surface area contributed by atoms with Crippen molar-refractivity contribution in [2.45, 2.75) is 13.8 Å². The van der Waals surface area contributed by atoms with Crippen LogP contribution in [0.2, 0.25) is 0 Å². The predicted octanol–water partition coefficient (Wildman–Crippen LogP) is 3.36. The monoisotopic (exact) mass is 379 g/mol. The van der Waals surface area contributed by atoms with Gasteiger partial charge in [0.1, 0.15) is 17.1 Å². The minimum atomic E-state index is 0.0185. The number of aromatic hydroxyl groups is 1. The molecule has 0 amide bonds. The summed E-state index contributed by atoms with van der Waals surface area (Å²) in [5.74, 6) is 0.164. The molecule has 0 spiro atoms. The summed E-state index contributed by atoms with van der Waals surface area (Å²) in [7, 11) is 0. The Morgan fingerprint density at radius 2 is 1.57 bits per heavy atom. The van der Waals surface area contributed by atoms with Crippen molar-refractivity contribution in [3.05, 3.63) is 59.8 Å². The predicted molar refractivity (Wildman–Crippen MR) is 105 cm³/mol. The molecule has 1 heterocycles.